The summed E-state index contributed by atoms with van der Waals surface area (Å²) in [5.41, 5.74) is 0.886. The van der Waals surface area contributed by atoms with E-state index in [1.54, 1.807) is 12.1 Å². The van der Waals surface area contributed by atoms with Crippen molar-refractivity contribution in [2.45, 2.75) is 25.4 Å². The predicted octanol–water partition coefficient (Wildman–Crippen LogP) is 2.30. The first-order valence-electron chi connectivity index (χ1n) is 7.53. The molecule has 1 amide bonds. The fourth-order valence-corrected chi connectivity index (χ4v) is 3.63. The molecule has 4 nitrogen and oxygen atoms in total. The van der Waals surface area contributed by atoms with Crippen LogP contribution in [0.4, 0.5) is 0 Å². The van der Waals surface area contributed by atoms with Gasteiger partial charge in [0.05, 0.1) is 6.10 Å². The highest BCUT2D eigenvalue weighted by atomic mass is 35.5. The largest absolute Gasteiger partial charge is 0.387 e. The van der Waals surface area contributed by atoms with Gasteiger partial charge in [0.1, 0.15) is 0 Å². The van der Waals surface area contributed by atoms with Crippen LogP contribution in [0.5, 0.6) is 0 Å². The third kappa shape index (κ3) is 3.57. The summed E-state index contributed by atoms with van der Waals surface area (Å²) < 4.78 is 0. The molecular weight excluding hydrogens is 323 g/mol. The first-order valence-corrected chi connectivity index (χ1v) is 7.91. The number of hydrogen-bond acceptors (Lipinski definition) is 3. The van der Waals surface area contributed by atoms with Crippen molar-refractivity contribution in [1.29, 1.82) is 0 Å². The Hall–Kier alpha value is -0.810. The van der Waals surface area contributed by atoms with Gasteiger partial charge in [-0.25, -0.2) is 0 Å². The third-order valence-corrected chi connectivity index (χ3v) is 5.18. The minimum absolute atomic E-state index is 0. The molecule has 1 saturated carbocycles. The van der Waals surface area contributed by atoms with E-state index >= 15 is 0 Å². The number of carbonyl (C=O) groups excluding carboxylic acids is 1. The lowest BCUT2D eigenvalue weighted by molar-refractivity contribution is -0.123. The van der Waals surface area contributed by atoms with E-state index in [0.29, 0.717) is 10.6 Å². The lowest BCUT2D eigenvalue weighted by atomic mass is 9.92. The number of aliphatic hydroxyl groups is 1. The van der Waals surface area contributed by atoms with Crippen LogP contribution in [-0.4, -0.2) is 30.6 Å². The van der Waals surface area contributed by atoms with Crippen LogP contribution < -0.4 is 10.6 Å². The smallest absolute Gasteiger partial charge is 0.223 e. The van der Waals surface area contributed by atoms with Crippen LogP contribution >= 0.6 is 24.0 Å². The van der Waals surface area contributed by atoms with Crippen molar-refractivity contribution < 1.29 is 9.90 Å². The maximum absolute atomic E-state index is 12.2. The normalized spacial score (nSPS) is 23.5. The molecule has 1 spiro atoms. The molecule has 0 bridgehead atoms. The number of carbonyl (C=O) groups is 1. The molecule has 0 radical (unpaired) electrons. The van der Waals surface area contributed by atoms with Gasteiger partial charge in [0.25, 0.3) is 0 Å². The Labute approximate surface area is 142 Å². The Kier molecular flexibility index (Phi) is 5.72. The molecule has 22 heavy (non-hydrogen) atoms. The van der Waals surface area contributed by atoms with Crippen LogP contribution in [0.2, 0.25) is 5.02 Å². The number of amides is 1. The zero-order valence-electron chi connectivity index (χ0n) is 12.3. The molecule has 2 aliphatic rings. The molecule has 2 fully saturated rings. The Morgan fingerprint density at radius 2 is 2.09 bits per heavy atom. The zero-order valence-corrected chi connectivity index (χ0v) is 13.9. The number of nitrogens with one attached hydrogen (secondary N) is 2. The van der Waals surface area contributed by atoms with Crippen molar-refractivity contribution in [2.24, 2.45) is 11.3 Å². The van der Waals surface area contributed by atoms with E-state index in [2.05, 4.69) is 10.6 Å². The second-order valence-electron chi connectivity index (χ2n) is 6.15. The minimum Gasteiger partial charge on any atom is -0.387 e. The van der Waals surface area contributed by atoms with E-state index in [4.69, 9.17) is 11.6 Å². The van der Waals surface area contributed by atoms with Gasteiger partial charge >= 0.3 is 0 Å². The van der Waals surface area contributed by atoms with Crippen LogP contribution in [0.15, 0.2) is 24.3 Å². The van der Waals surface area contributed by atoms with Crippen LogP contribution in [0.1, 0.15) is 30.9 Å². The van der Waals surface area contributed by atoms with Crippen LogP contribution in [0, 0.1) is 11.3 Å². The summed E-state index contributed by atoms with van der Waals surface area (Å²) in [6.07, 6.45) is 2.39. The van der Waals surface area contributed by atoms with Crippen LogP contribution in [0.3, 0.4) is 0 Å². The van der Waals surface area contributed by atoms with Crippen LogP contribution in [-0.2, 0) is 4.79 Å². The molecule has 3 N–H and O–H groups in total. The van der Waals surface area contributed by atoms with Gasteiger partial charge in [0, 0.05) is 23.0 Å². The molecule has 0 aromatic heterocycles. The second kappa shape index (κ2) is 7.18. The van der Waals surface area contributed by atoms with E-state index in [9.17, 15) is 9.90 Å². The fraction of sp³-hybridized carbons (Fsp3) is 0.562. The van der Waals surface area contributed by atoms with Gasteiger partial charge in [-0.05, 0) is 43.8 Å². The summed E-state index contributed by atoms with van der Waals surface area (Å²) in [6, 6.07) is 7.18. The molecule has 6 heteroatoms. The van der Waals surface area contributed by atoms with Crippen molar-refractivity contribution >= 4 is 29.9 Å². The molecule has 1 aromatic carbocycles. The van der Waals surface area contributed by atoms with Crippen molar-refractivity contribution in [3.8, 4) is 0 Å². The van der Waals surface area contributed by atoms with E-state index in [1.165, 1.54) is 0 Å². The van der Waals surface area contributed by atoms with Gasteiger partial charge in [-0.15, -0.1) is 12.4 Å². The molecular formula is C16H22Cl2N2O2. The van der Waals surface area contributed by atoms with E-state index in [0.717, 1.165) is 32.4 Å². The fourth-order valence-electron chi connectivity index (χ4n) is 3.37. The molecule has 1 heterocycles. The van der Waals surface area contributed by atoms with Crippen molar-refractivity contribution in [3.63, 3.8) is 0 Å². The first-order chi connectivity index (χ1) is 10.1. The lowest BCUT2D eigenvalue weighted by Crippen LogP contribution is -2.35. The maximum atomic E-state index is 12.2. The summed E-state index contributed by atoms with van der Waals surface area (Å²) in [4.78, 5) is 12.2. The molecule has 122 valence electrons. The second-order valence-corrected chi connectivity index (χ2v) is 6.56. The lowest BCUT2D eigenvalue weighted by Gasteiger charge is -2.23. The van der Waals surface area contributed by atoms with E-state index in [-0.39, 0.29) is 36.2 Å². The summed E-state index contributed by atoms with van der Waals surface area (Å²) in [5.74, 6) is 0.195. The first kappa shape index (κ1) is 17.5. The number of aliphatic hydroxyl groups excluding tert-OH is 1. The molecule has 1 aromatic rings. The Morgan fingerprint density at radius 3 is 2.77 bits per heavy atom. The van der Waals surface area contributed by atoms with Crippen molar-refractivity contribution in [3.05, 3.63) is 34.9 Å². The van der Waals surface area contributed by atoms with Crippen molar-refractivity contribution in [2.75, 3.05) is 19.6 Å². The summed E-state index contributed by atoms with van der Waals surface area (Å²) in [6.45, 7) is 2.23. The predicted molar refractivity (Wildman–Crippen MR) is 89.3 cm³/mol. The quantitative estimate of drug-likeness (QED) is 0.785. The Balaban J connectivity index is 0.00000176. The van der Waals surface area contributed by atoms with E-state index < -0.39 is 6.10 Å². The summed E-state index contributed by atoms with van der Waals surface area (Å²) >= 11 is 6.05. The molecule has 1 aliphatic heterocycles. The van der Waals surface area contributed by atoms with Gasteiger partial charge in [-0.1, -0.05) is 29.8 Å². The highest BCUT2D eigenvalue weighted by Gasteiger charge is 2.57. The Morgan fingerprint density at radius 1 is 1.41 bits per heavy atom. The van der Waals surface area contributed by atoms with Crippen molar-refractivity contribution in [1.82, 2.24) is 10.6 Å². The average Bonchev–Trinajstić information content (AvgIpc) is 3.19. The summed E-state index contributed by atoms with van der Waals surface area (Å²) in [7, 11) is 0. The van der Waals surface area contributed by atoms with Gasteiger partial charge in [0.15, 0.2) is 0 Å². The Bertz CT molecular complexity index is 533. The molecule has 2 unspecified atom stereocenters. The zero-order chi connectivity index (χ0) is 14.9. The number of rotatable bonds is 4. The highest BCUT2D eigenvalue weighted by molar-refractivity contribution is 6.31. The molecule has 3 rings (SSSR count). The minimum atomic E-state index is -0.759. The summed E-state index contributed by atoms with van der Waals surface area (Å²) in [5, 5.41) is 16.9. The molecule has 2 atom stereocenters. The molecule has 1 aliphatic carbocycles. The SMILES string of the molecule is Cl.O=C(NCC(O)c1ccccc1Cl)C1CC12CCNCC2. The van der Waals surface area contributed by atoms with Gasteiger partial charge in [-0.2, -0.15) is 0 Å². The topological polar surface area (TPSA) is 61.4 Å². The monoisotopic (exact) mass is 344 g/mol. The van der Waals surface area contributed by atoms with Gasteiger partial charge in [0.2, 0.25) is 5.91 Å². The standard InChI is InChI=1S/C16H21ClN2O2.ClH/c17-13-4-2-1-3-11(13)14(20)10-19-15(21)12-9-16(12)5-7-18-8-6-16;/h1-4,12,14,18,20H,5-10H2,(H,19,21);1H. The van der Waals surface area contributed by atoms with Gasteiger partial charge in [-0.3, -0.25) is 4.79 Å². The highest BCUT2D eigenvalue weighted by Crippen LogP contribution is 2.58. The van der Waals surface area contributed by atoms with Gasteiger partial charge < -0.3 is 15.7 Å². The average molecular weight is 345 g/mol. The number of hydrogen-bond donors (Lipinski definition) is 3. The van der Waals surface area contributed by atoms with E-state index in [1.807, 2.05) is 12.1 Å². The van der Waals surface area contributed by atoms with Crippen LogP contribution in [0.25, 0.3) is 0 Å². The third-order valence-electron chi connectivity index (χ3n) is 4.84. The number of benzene rings is 1. The maximum Gasteiger partial charge on any atom is 0.223 e. The number of halogens is 2. The molecule has 1 saturated heterocycles. The number of piperidine rings is 1.